The number of likely N-dealkylation sites (tertiary alicyclic amines) is 1. The molecular weight excluding hydrogens is 304 g/mol. The second kappa shape index (κ2) is 7.07. The first kappa shape index (κ1) is 16.7. The molecule has 6 nitrogen and oxygen atoms in total. The van der Waals surface area contributed by atoms with E-state index in [1.165, 1.54) is 0 Å². The van der Waals surface area contributed by atoms with Crippen LogP contribution in [0, 0.1) is 0 Å². The molecule has 1 N–H and O–H groups in total. The van der Waals surface area contributed by atoms with E-state index in [4.69, 9.17) is 4.52 Å². The Morgan fingerprint density at radius 2 is 2.36 bits per heavy atom. The summed E-state index contributed by atoms with van der Waals surface area (Å²) >= 11 is 0. The molecule has 1 fully saturated rings. The maximum atomic E-state index is 12.6. The predicted molar refractivity (Wildman–Crippen MR) is 86.4 cm³/mol. The van der Waals surface area contributed by atoms with Crippen LogP contribution in [-0.2, 0) is 6.42 Å². The summed E-state index contributed by atoms with van der Waals surface area (Å²) in [4.78, 5) is 18.7. The van der Waals surface area contributed by atoms with Gasteiger partial charge in [-0.1, -0.05) is 12.1 Å². The van der Waals surface area contributed by atoms with Crippen LogP contribution in [0.25, 0.3) is 11.1 Å². The number of carbonyl (C=O) groups is 1. The minimum Gasteiger partial charge on any atom is -0.337 e. The van der Waals surface area contributed by atoms with E-state index in [1.807, 2.05) is 24.9 Å². The average Bonchev–Trinajstić information content (AvgIpc) is 2.96. The Bertz CT molecular complexity index is 658. The standard InChI is InChI=1S/C15H20N4O2.ClH/c1-3-13-12-7-10(8-17-14(12)21-18-13)15(20)19-6-4-5-11(9-19)16-2;/h7-8,11,16H,3-6,9H2,1-2H3;1H. The maximum absolute atomic E-state index is 12.6. The van der Waals surface area contributed by atoms with Gasteiger partial charge in [-0.25, -0.2) is 4.98 Å². The molecule has 120 valence electrons. The van der Waals surface area contributed by atoms with Gasteiger partial charge in [-0.15, -0.1) is 12.4 Å². The molecular formula is C15H21ClN4O2. The number of pyridine rings is 1. The highest BCUT2D eigenvalue weighted by atomic mass is 35.5. The molecule has 7 heteroatoms. The Hall–Kier alpha value is -1.66. The van der Waals surface area contributed by atoms with Crippen LogP contribution in [0.3, 0.4) is 0 Å². The molecule has 0 radical (unpaired) electrons. The topological polar surface area (TPSA) is 71.3 Å². The number of nitrogens with zero attached hydrogens (tertiary/aromatic N) is 3. The van der Waals surface area contributed by atoms with Gasteiger partial charge in [0.15, 0.2) is 0 Å². The van der Waals surface area contributed by atoms with E-state index in [0.717, 1.165) is 43.4 Å². The summed E-state index contributed by atoms with van der Waals surface area (Å²) in [6.45, 7) is 3.56. The van der Waals surface area contributed by atoms with E-state index in [2.05, 4.69) is 15.5 Å². The third kappa shape index (κ3) is 3.08. The summed E-state index contributed by atoms with van der Waals surface area (Å²) in [6.07, 6.45) is 4.49. The third-order valence-electron chi connectivity index (χ3n) is 4.10. The van der Waals surface area contributed by atoms with E-state index in [-0.39, 0.29) is 18.3 Å². The number of halogens is 1. The van der Waals surface area contributed by atoms with Crippen LogP contribution in [0.5, 0.6) is 0 Å². The molecule has 1 unspecified atom stereocenters. The number of piperidine rings is 1. The van der Waals surface area contributed by atoms with Crippen molar-refractivity contribution in [3.63, 3.8) is 0 Å². The zero-order chi connectivity index (χ0) is 14.8. The highest BCUT2D eigenvalue weighted by Crippen LogP contribution is 2.20. The van der Waals surface area contributed by atoms with Crippen molar-refractivity contribution in [2.24, 2.45) is 0 Å². The number of aromatic nitrogens is 2. The Morgan fingerprint density at radius 3 is 3.09 bits per heavy atom. The van der Waals surface area contributed by atoms with E-state index >= 15 is 0 Å². The van der Waals surface area contributed by atoms with E-state index in [9.17, 15) is 4.79 Å². The molecule has 0 aromatic carbocycles. The molecule has 0 saturated carbocycles. The number of hydrogen-bond acceptors (Lipinski definition) is 5. The normalized spacial score (nSPS) is 18.3. The Balaban J connectivity index is 0.00000176. The van der Waals surface area contributed by atoms with Crippen LogP contribution in [0.2, 0.25) is 0 Å². The van der Waals surface area contributed by atoms with Gasteiger partial charge in [0.2, 0.25) is 0 Å². The van der Waals surface area contributed by atoms with E-state index in [1.54, 1.807) is 6.20 Å². The summed E-state index contributed by atoms with van der Waals surface area (Å²) in [5, 5.41) is 8.07. The Morgan fingerprint density at radius 1 is 1.55 bits per heavy atom. The molecule has 2 aromatic rings. The lowest BCUT2D eigenvalue weighted by molar-refractivity contribution is 0.0698. The quantitative estimate of drug-likeness (QED) is 0.935. The van der Waals surface area contributed by atoms with Gasteiger partial charge < -0.3 is 14.7 Å². The van der Waals surface area contributed by atoms with Gasteiger partial charge in [-0.3, -0.25) is 4.79 Å². The number of amides is 1. The van der Waals surface area contributed by atoms with Gasteiger partial charge in [0, 0.05) is 25.3 Å². The van der Waals surface area contributed by atoms with Crippen molar-refractivity contribution < 1.29 is 9.32 Å². The van der Waals surface area contributed by atoms with Crippen molar-refractivity contribution >= 4 is 29.4 Å². The molecule has 1 aliphatic heterocycles. The monoisotopic (exact) mass is 324 g/mol. The summed E-state index contributed by atoms with van der Waals surface area (Å²) < 4.78 is 5.16. The number of aryl methyl sites for hydroxylation is 1. The first-order chi connectivity index (χ1) is 10.2. The smallest absolute Gasteiger partial charge is 0.257 e. The molecule has 0 spiro atoms. The fourth-order valence-corrected chi connectivity index (χ4v) is 2.83. The van der Waals surface area contributed by atoms with Gasteiger partial charge in [0.1, 0.15) is 0 Å². The minimum absolute atomic E-state index is 0. The van der Waals surface area contributed by atoms with Gasteiger partial charge in [0.05, 0.1) is 16.6 Å². The van der Waals surface area contributed by atoms with Gasteiger partial charge in [-0.2, -0.15) is 0 Å². The Labute approximate surface area is 135 Å². The number of rotatable bonds is 3. The molecule has 1 atom stereocenters. The van der Waals surface area contributed by atoms with Crippen LogP contribution in [0.1, 0.15) is 35.8 Å². The minimum atomic E-state index is 0. The molecule has 1 amide bonds. The molecule has 0 bridgehead atoms. The molecule has 3 heterocycles. The summed E-state index contributed by atoms with van der Waals surface area (Å²) in [5.74, 6) is 0.0348. The fourth-order valence-electron chi connectivity index (χ4n) is 2.83. The van der Waals surface area contributed by atoms with Crippen molar-refractivity contribution in [2.75, 3.05) is 20.1 Å². The summed E-state index contributed by atoms with van der Waals surface area (Å²) in [5.41, 5.74) is 1.95. The number of likely N-dealkylation sites (N-methyl/N-ethyl adjacent to an activating group) is 1. The van der Waals surface area contributed by atoms with Crippen molar-refractivity contribution in [1.82, 2.24) is 20.4 Å². The van der Waals surface area contributed by atoms with Crippen LogP contribution >= 0.6 is 12.4 Å². The third-order valence-corrected chi connectivity index (χ3v) is 4.10. The highest BCUT2D eigenvalue weighted by Gasteiger charge is 2.24. The van der Waals surface area contributed by atoms with Crippen molar-refractivity contribution in [3.05, 3.63) is 23.5 Å². The summed E-state index contributed by atoms with van der Waals surface area (Å²) in [7, 11) is 1.94. The zero-order valence-electron chi connectivity index (χ0n) is 12.8. The SMILES string of the molecule is CCc1noc2ncc(C(=O)N3CCCC(NC)C3)cc12.Cl. The van der Waals surface area contributed by atoms with Gasteiger partial charge in [-0.05, 0) is 32.4 Å². The van der Waals surface area contributed by atoms with Crippen LogP contribution in [-0.4, -0.2) is 47.1 Å². The number of hydrogen-bond donors (Lipinski definition) is 1. The lowest BCUT2D eigenvalue weighted by Gasteiger charge is -2.32. The fraction of sp³-hybridized carbons (Fsp3) is 0.533. The first-order valence-corrected chi connectivity index (χ1v) is 7.43. The molecule has 1 aliphatic rings. The van der Waals surface area contributed by atoms with Crippen LogP contribution in [0.15, 0.2) is 16.8 Å². The first-order valence-electron chi connectivity index (χ1n) is 7.43. The average molecular weight is 325 g/mol. The largest absolute Gasteiger partial charge is 0.337 e. The lowest BCUT2D eigenvalue weighted by atomic mass is 10.0. The molecule has 1 saturated heterocycles. The van der Waals surface area contributed by atoms with Gasteiger partial charge in [0.25, 0.3) is 11.6 Å². The molecule has 22 heavy (non-hydrogen) atoms. The van der Waals surface area contributed by atoms with Gasteiger partial charge >= 0.3 is 0 Å². The van der Waals surface area contributed by atoms with E-state index < -0.39 is 0 Å². The number of nitrogens with one attached hydrogen (secondary N) is 1. The molecule has 2 aromatic heterocycles. The maximum Gasteiger partial charge on any atom is 0.257 e. The number of carbonyl (C=O) groups excluding carboxylic acids is 1. The van der Waals surface area contributed by atoms with Crippen molar-refractivity contribution in [1.29, 1.82) is 0 Å². The van der Waals surface area contributed by atoms with E-state index in [0.29, 0.717) is 17.3 Å². The van der Waals surface area contributed by atoms with Crippen molar-refractivity contribution in [3.8, 4) is 0 Å². The second-order valence-corrected chi connectivity index (χ2v) is 5.44. The predicted octanol–water partition coefficient (Wildman–Crippen LogP) is 2.03. The summed E-state index contributed by atoms with van der Waals surface area (Å²) in [6, 6.07) is 2.23. The Kier molecular flexibility index (Phi) is 5.37. The lowest BCUT2D eigenvalue weighted by Crippen LogP contribution is -2.46. The van der Waals surface area contributed by atoms with Crippen LogP contribution < -0.4 is 5.32 Å². The second-order valence-electron chi connectivity index (χ2n) is 5.44. The molecule has 3 rings (SSSR count). The highest BCUT2D eigenvalue weighted by molar-refractivity contribution is 5.97. The number of fused-ring (bicyclic) bond motifs is 1. The zero-order valence-corrected chi connectivity index (χ0v) is 13.7. The van der Waals surface area contributed by atoms with Crippen LogP contribution in [0.4, 0.5) is 0 Å². The van der Waals surface area contributed by atoms with Crippen molar-refractivity contribution in [2.45, 2.75) is 32.2 Å². The molecule has 0 aliphatic carbocycles.